The highest BCUT2D eigenvalue weighted by molar-refractivity contribution is 7.90. The van der Waals surface area contributed by atoms with Gasteiger partial charge in [-0.1, -0.05) is 67.7 Å². The van der Waals surface area contributed by atoms with Crippen LogP contribution >= 0.6 is 23.2 Å². The minimum absolute atomic E-state index is 0.0131. The van der Waals surface area contributed by atoms with Crippen molar-refractivity contribution in [1.29, 1.82) is 0 Å². The largest absolute Gasteiger partial charge is 0.354 e. The zero-order valence-electron chi connectivity index (χ0n) is 21.1. The average Bonchev–Trinajstić information content (AvgIpc) is 2.84. The number of benzene rings is 2. The van der Waals surface area contributed by atoms with E-state index in [2.05, 4.69) is 5.32 Å². The fourth-order valence-electron chi connectivity index (χ4n) is 3.57. The van der Waals surface area contributed by atoms with Gasteiger partial charge in [-0.2, -0.15) is 12.7 Å². The Hall–Kier alpha value is -2.33. The van der Waals surface area contributed by atoms with Crippen LogP contribution in [0.5, 0.6) is 0 Å². The number of para-hydroxylation sites is 1. The van der Waals surface area contributed by atoms with Crippen LogP contribution in [0.25, 0.3) is 0 Å². The molecule has 0 spiro atoms. The van der Waals surface area contributed by atoms with Crippen molar-refractivity contribution in [2.75, 3.05) is 31.5 Å². The standard InChI is InChI=1S/C25H34Cl2N4O4S/c1-5-7-15-28-25(33)23(6-2)30(17-19-13-14-20(26)16-22(19)27)24(32)18-31(36(34,35)29(3)4)21-11-9-8-10-12-21/h8-14,16,23H,5-7,15,17-18H2,1-4H3,(H,28,33)/t23-/m0/s1. The van der Waals surface area contributed by atoms with E-state index in [4.69, 9.17) is 23.2 Å². The van der Waals surface area contributed by atoms with Crippen molar-refractivity contribution >= 4 is 50.9 Å². The van der Waals surface area contributed by atoms with Crippen molar-refractivity contribution in [2.45, 2.75) is 45.7 Å². The number of halogens is 2. The predicted molar refractivity (Wildman–Crippen MR) is 145 cm³/mol. The van der Waals surface area contributed by atoms with Gasteiger partial charge >= 0.3 is 10.2 Å². The Morgan fingerprint density at radius 2 is 1.69 bits per heavy atom. The zero-order chi connectivity index (χ0) is 26.9. The maximum atomic E-state index is 13.8. The van der Waals surface area contributed by atoms with E-state index in [-0.39, 0.29) is 12.5 Å². The highest BCUT2D eigenvalue weighted by Crippen LogP contribution is 2.25. The molecule has 0 aromatic heterocycles. The van der Waals surface area contributed by atoms with Gasteiger partial charge in [-0.15, -0.1) is 0 Å². The molecular weight excluding hydrogens is 523 g/mol. The van der Waals surface area contributed by atoms with Gasteiger partial charge in [0, 0.05) is 37.2 Å². The monoisotopic (exact) mass is 556 g/mol. The van der Waals surface area contributed by atoms with Gasteiger partial charge in [0.2, 0.25) is 11.8 Å². The van der Waals surface area contributed by atoms with Crippen molar-refractivity contribution in [3.63, 3.8) is 0 Å². The first-order valence-electron chi connectivity index (χ1n) is 11.8. The summed E-state index contributed by atoms with van der Waals surface area (Å²) >= 11 is 12.4. The Bertz CT molecular complexity index is 1130. The minimum atomic E-state index is -4.00. The molecule has 0 fully saturated rings. The Morgan fingerprint density at radius 3 is 2.25 bits per heavy atom. The molecule has 2 amide bonds. The lowest BCUT2D eigenvalue weighted by molar-refractivity contribution is -0.140. The summed E-state index contributed by atoms with van der Waals surface area (Å²) in [6, 6.07) is 12.5. The van der Waals surface area contributed by atoms with E-state index in [0.29, 0.717) is 34.3 Å². The fraction of sp³-hybridized carbons (Fsp3) is 0.440. The summed E-state index contributed by atoms with van der Waals surface area (Å²) in [5.41, 5.74) is 0.931. The van der Waals surface area contributed by atoms with Gasteiger partial charge in [0.05, 0.1) is 5.69 Å². The van der Waals surface area contributed by atoms with Gasteiger partial charge in [0.25, 0.3) is 0 Å². The van der Waals surface area contributed by atoms with Gasteiger partial charge in [-0.3, -0.25) is 9.59 Å². The number of carbonyl (C=O) groups excluding carboxylic acids is 2. The molecule has 0 radical (unpaired) electrons. The van der Waals surface area contributed by atoms with Crippen LogP contribution < -0.4 is 9.62 Å². The Balaban J connectivity index is 2.47. The van der Waals surface area contributed by atoms with Gasteiger partial charge < -0.3 is 10.2 Å². The molecule has 0 unspecified atom stereocenters. The predicted octanol–water partition coefficient (Wildman–Crippen LogP) is 4.33. The Morgan fingerprint density at radius 1 is 1.03 bits per heavy atom. The third-order valence-electron chi connectivity index (χ3n) is 5.63. The molecule has 11 heteroatoms. The summed E-state index contributed by atoms with van der Waals surface area (Å²) in [5.74, 6) is -0.834. The lowest BCUT2D eigenvalue weighted by atomic mass is 10.1. The molecule has 0 heterocycles. The van der Waals surface area contributed by atoms with Crippen molar-refractivity contribution < 1.29 is 18.0 Å². The van der Waals surface area contributed by atoms with Crippen LogP contribution in [-0.2, 0) is 26.3 Å². The van der Waals surface area contributed by atoms with E-state index in [1.807, 2.05) is 6.92 Å². The average molecular weight is 558 g/mol. The molecule has 0 aliphatic carbocycles. The summed E-state index contributed by atoms with van der Waals surface area (Å²) in [6.07, 6.45) is 2.05. The highest BCUT2D eigenvalue weighted by Gasteiger charge is 2.33. The third-order valence-corrected chi connectivity index (χ3v) is 8.04. The molecule has 8 nitrogen and oxygen atoms in total. The van der Waals surface area contributed by atoms with Gasteiger partial charge in [0.1, 0.15) is 12.6 Å². The van der Waals surface area contributed by atoms with E-state index in [1.54, 1.807) is 55.5 Å². The number of unbranched alkanes of at least 4 members (excludes halogenated alkanes) is 1. The maximum absolute atomic E-state index is 13.8. The molecule has 2 aromatic rings. The number of nitrogens with zero attached hydrogens (tertiary/aromatic N) is 3. The molecule has 0 aliphatic heterocycles. The minimum Gasteiger partial charge on any atom is -0.354 e. The summed E-state index contributed by atoms with van der Waals surface area (Å²) in [7, 11) is -1.20. The molecular formula is C25H34Cl2N4O4S. The van der Waals surface area contributed by atoms with E-state index >= 15 is 0 Å². The molecule has 1 N–H and O–H groups in total. The number of hydrogen-bond acceptors (Lipinski definition) is 4. The first kappa shape index (κ1) is 29.9. The first-order chi connectivity index (χ1) is 17.0. The van der Waals surface area contributed by atoms with Crippen LogP contribution in [0.15, 0.2) is 48.5 Å². The van der Waals surface area contributed by atoms with Crippen molar-refractivity contribution in [3.05, 3.63) is 64.1 Å². The van der Waals surface area contributed by atoms with E-state index in [9.17, 15) is 18.0 Å². The van der Waals surface area contributed by atoms with Gasteiger partial charge in [-0.05, 0) is 42.7 Å². The number of anilines is 1. The lowest BCUT2D eigenvalue weighted by Crippen LogP contribution is -2.53. The molecule has 2 aromatic carbocycles. The summed E-state index contributed by atoms with van der Waals surface area (Å²) in [6.45, 7) is 3.83. The molecule has 0 bridgehead atoms. The quantitative estimate of drug-likeness (QED) is 0.372. The molecule has 2 rings (SSSR count). The first-order valence-corrected chi connectivity index (χ1v) is 13.9. The smallest absolute Gasteiger partial charge is 0.304 e. The molecule has 0 saturated heterocycles. The normalized spacial score (nSPS) is 12.3. The number of amides is 2. The van der Waals surface area contributed by atoms with Gasteiger partial charge in [0.15, 0.2) is 0 Å². The van der Waals surface area contributed by atoms with Crippen molar-refractivity contribution in [3.8, 4) is 0 Å². The van der Waals surface area contributed by atoms with Crippen LogP contribution in [0.1, 0.15) is 38.7 Å². The number of nitrogens with one attached hydrogen (secondary N) is 1. The van der Waals surface area contributed by atoms with E-state index in [0.717, 1.165) is 21.5 Å². The SMILES string of the molecule is CCCCNC(=O)[C@H](CC)N(Cc1ccc(Cl)cc1Cl)C(=O)CN(c1ccccc1)S(=O)(=O)N(C)C. The fourth-order valence-corrected chi connectivity index (χ4v) is 5.09. The molecule has 0 aliphatic rings. The van der Waals surface area contributed by atoms with Crippen LogP contribution in [0.4, 0.5) is 5.69 Å². The van der Waals surface area contributed by atoms with Crippen molar-refractivity contribution in [2.24, 2.45) is 0 Å². The maximum Gasteiger partial charge on any atom is 0.304 e. The topological polar surface area (TPSA) is 90.0 Å². The second-order valence-corrected chi connectivity index (χ2v) is 11.4. The summed E-state index contributed by atoms with van der Waals surface area (Å²) < 4.78 is 28.4. The third kappa shape index (κ3) is 7.83. The number of carbonyl (C=O) groups is 2. The highest BCUT2D eigenvalue weighted by atomic mass is 35.5. The second kappa shape index (κ2) is 13.8. The number of rotatable bonds is 13. The zero-order valence-corrected chi connectivity index (χ0v) is 23.4. The molecule has 0 saturated carbocycles. The Labute approximate surface area is 224 Å². The number of hydrogen-bond donors (Lipinski definition) is 1. The van der Waals surface area contributed by atoms with Crippen LogP contribution in [0, 0.1) is 0 Å². The van der Waals surface area contributed by atoms with Gasteiger partial charge in [-0.25, -0.2) is 4.31 Å². The Kier molecular flexibility index (Phi) is 11.5. The summed E-state index contributed by atoms with van der Waals surface area (Å²) in [5, 5.41) is 3.68. The molecule has 1 atom stereocenters. The molecule has 198 valence electrons. The van der Waals surface area contributed by atoms with E-state index < -0.39 is 28.7 Å². The van der Waals surface area contributed by atoms with Crippen LogP contribution in [-0.4, -0.2) is 62.7 Å². The van der Waals surface area contributed by atoms with E-state index in [1.165, 1.54) is 19.0 Å². The lowest BCUT2D eigenvalue weighted by Gasteiger charge is -2.34. The second-order valence-electron chi connectivity index (χ2n) is 8.46. The summed E-state index contributed by atoms with van der Waals surface area (Å²) in [4.78, 5) is 28.2. The van der Waals surface area contributed by atoms with Crippen LogP contribution in [0.2, 0.25) is 10.0 Å². The van der Waals surface area contributed by atoms with Crippen molar-refractivity contribution in [1.82, 2.24) is 14.5 Å². The van der Waals surface area contributed by atoms with Crippen LogP contribution in [0.3, 0.4) is 0 Å². The molecule has 36 heavy (non-hydrogen) atoms.